The van der Waals surface area contributed by atoms with Gasteiger partial charge >= 0.3 is 0 Å². The average molecular weight is 336 g/mol. The molecule has 0 aliphatic carbocycles. The van der Waals surface area contributed by atoms with Crippen molar-refractivity contribution in [3.63, 3.8) is 0 Å². The Kier molecular flexibility index (Phi) is 3.60. The lowest BCUT2D eigenvalue weighted by Gasteiger charge is -2.00. The largest absolute Gasteiger partial charge is 0.276 e. The number of carbonyl (C=O) groups is 1. The molecular weight excluding hydrogens is 334 g/mol. The minimum atomic E-state index is -0.820. The minimum Gasteiger partial charge on any atom is -0.276 e. The Labute approximate surface area is 103 Å². The third kappa shape index (κ3) is 2.43. The van der Waals surface area contributed by atoms with Crippen molar-refractivity contribution < 1.29 is 9.72 Å². The van der Waals surface area contributed by atoms with Gasteiger partial charge in [-0.15, -0.1) is 0 Å². The number of nitro benzene ring substituents is 1. The third-order valence-electron chi connectivity index (χ3n) is 1.60. The van der Waals surface area contributed by atoms with Gasteiger partial charge in [0.05, 0.1) is 16.1 Å². The normalized spacial score (nSPS) is 9.40. The molecule has 0 radical (unpaired) electrons. The van der Waals surface area contributed by atoms with E-state index in [2.05, 4.69) is 0 Å². The quantitative estimate of drug-likeness (QED) is 0.359. The van der Waals surface area contributed by atoms with E-state index >= 15 is 0 Å². The number of nitro groups is 1. The van der Waals surface area contributed by atoms with Crippen LogP contribution in [0.1, 0.15) is 15.9 Å². The van der Waals surface area contributed by atoms with Crippen molar-refractivity contribution in [1.29, 1.82) is 5.26 Å². The van der Waals surface area contributed by atoms with Gasteiger partial charge in [0.15, 0.2) is 0 Å². The summed E-state index contributed by atoms with van der Waals surface area (Å²) in [6.07, 6.45) is 0. The van der Waals surface area contributed by atoms with Crippen LogP contribution < -0.4 is 0 Å². The van der Waals surface area contributed by atoms with Crippen molar-refractivity contribution in [2.24, 2.45) is 0 Å². The lowest BCUT2D eigenvalue weighted by molar-refractivity contribution is -0.384. The van der Waals surface area contributed by atoms with Gasteiger partial charge in [0.2, 0.25) is 0 Å². The highest BCUT2D eigenvalue weighted by atomic mass is 127. The molecule has 0 N–H and O–H groups in total. The van der Waals surface area contributed by atoms with Crippen LogP contribution in [0.5, 0.6) is 0 Å². The molecule has 0 bridgehead atoms. The number of hydrogen-bond donors (Lipinski definition) is 0. The SMILES string of the molecule is N#Cc1cc([N+](=O)[O-])cc(C(=O)Cl)c1I. The summed E-state index contributed by atoms with van der Waals surface area (Å²) in [4.78, 5) is 20.8. The van der Waals surface area contributed by atoms with Crippen LogP contribution in [0.4, 0.5) is 5.69 Å². The molecule has 0 atom stereocenters. The number of hydrogen-bond acceptors (Lipinski definition) is 4. The third-order valence-corrected chi connectivity index (χ3v) is 2.97. The van der Waals surface area contributed by atoms with Crippen molar-refractivity contribution in [2.45, 2.75) is 0 Å². The number of non-ortho nitro benzene ring substituents is 1. The smallest absolute Gasteiger partial charge is 0.271 e. The number of halogens is 2. The Morgan fingerprint density at radius 3 is 2.60 bits per heavy atom. The first-order valence-corrected chi connectivity index (χ1v) is 5.01. The molecule has 0 saturated carbocycles. The fourth-order valence-electron chi connectivity index (χ4n) is 0.939. The Hall–Kier alpha value is -1.20. The first-order valence-electron chi connectivity index (χ1n) is 3.55. The van der Waals surface area contributed by atoms with Crippen LogP contribution in [0, 0.1) is 25.0 Å². The van der Waals surface area contributed by atoms with Gasteiger partial charge in [-0.25, -0.2) is 0 Å². The Morgan fingerprint density at radius 1 is 1.60 bits per heavy atom. The molecule has 76 valence electrons. The molecule has 0 heterocycles. The maximum Gasteiger partial charge on any atom is 0.271 e. The van der Waals surface area contributed by atoms with E-state index in [1.54, 1.807) is 28.7 Å². The monoisotopic (exact) mass is 336 g/mol. The van der Waals surface area contributed by atoms with Crippen molar-refractivity contribution in [2.75, 3.05) is 0 Å². The Bertz CT molecular complexity index is 495. The zero-order valence-electron chi connectivity index (χ0n) is 7.03. The predicted octanol–water partition coefficient (Wildman–Crippen LogP) is 2.45. The molecule has 0 amide bonds. The van der Waals surface area contributed by atoms with Crippen LogP contribution in [0.2, 0.25) is 0 Å². The number of benzene rings is 1. The second kappa shape index (κ2) is 4.55. The van der Waals surface area contributed by atoms with Gasteiger partial charge in [-0.05, 0) is 34.2 Å². The highest BCUT2D eigenvalue weighted by Gasteiger charge is 2.18. The van der Waals surface area contributed by atoms with Gasteiger partial charge in [0, 0.05) is 15.7 Å². The van der Waals surface area contributed by atoms with E-state index in [4.69, 9.17) is 16.9 Å². The molecule has 1 aromatic carbocycles. The van der Waals surface area contributed by atoms with E-state index < -0.39 is 10.2 Å². The summed E-state index contributed by atoms with van der Waals surface area (Å²) >= 11 is 6.98. The maximum absolute atomic E-state index is 10.9. The highest BCUT2D eigenvalue weighted by Crippen LogP contribution is 2.25. The molecule has 7 heteroatoms. The highest BCUT2D eigenvalue weighted by molar-refractivity contribution is 14.1. The lowest BCUT2D eigenvalue weighted by Crippen LogP contribution is -1.99. The van der Waals surface area contributed by atoms with E-state index in [9.17, 15) is 14.9 Å². The second-order valence-electron chi connectivity index (χ2n) is 2.50. The van der Waals surface area contributed by atoms with E-state index in [0.717, 1.165) is 12.1 Å². The summed E-state index contributed by atoms with van der Waals surface area (Å²) in [7, 11) is 0. The summed E-state index contributed by atoms with van der Waals surface area (Å²) in [6, 6.07) is 3.92. The molecule has 15 heavy (non-hydrogen) atoms. The second-order valence-corrected chi connectivity index (χ2v) is 3.92. The molecule has 0 aromatic heterocycles. The molecule has 5 nitrogen and oxygen atoms in total. The van der Waals surface area contributed by atoms with E-state index in [1.165, 1.54) is 0 Å². The zero-order chi connectivity index (χ0) is 11.6. The molecule has 1 aromatic rings. The van der Waals surface area contributed by atoms with Crippen LogP contribution in [0.3, 0.4) is 0 Å². The minimum absolute atomic E-state index is 0.0250. The molecule has 0 spiro atoms. The predicted molar refractivity (Wildman–Crippen MR) is 60.7 cm³/mol. The van der Waals surface area contributed by atoms with Crippen LogP contribution in [-0.4, -0.2) is 10.2 Å². The molecule has 0 fully saturated rings. The summed E-state index contributed by atoms with van der Waals surface area (Å²) in [6.45, 7) is 0. The van der Waals surface area contributed by atoms with Gasteiger partial charge in [0.1, 0.15) is 6.07 Å². The average Bonchev–Trinajstić information content (AvgIpc) is 2.17. The first kappa shape index (κ1) is 11.9. The Balaban J connectivity index is 3.54. The molecular formula is C8H2ClIN2O3. The van der Waals surface area contributed by atoms with Gasteiger partial charge in [-0.3, -0.25) is 14.9 Å². The molecule has 0 aliphatic rings. The zero-order valence-corrected chi connectivity index (χ0v) is 9.94. The van der Waals surface area contributed by atoms with Gasteiger partial charge in [0.25, 0.3) is 10.9 Å². The van der Waals surface area contributed by atoms with E-state index in [0.29, 0.717) is 3.57 Å². The topological polar surface area (TPSA) is 84.0 Å². The lowest BCUT2D eigenvalue weighted by atomic mass is 10.1. The molecule has 0 unspecified atom stereocenters. The summed E-state index contributed by atoms with van der Waals surface area (Å²) in [5.74, 6) is 0. The van der Waals surface area contributed by atoms with Crippen LogP contribution >= 0.6 is 34.2 Å². The summed E-state index contributed by atoms with van der Waals surface area (Å²) < 4.78 is 0.320. The van der Waals surface area contributed by atoms with Crippen molar-refractivity contribution in [1.82, 2.24) is 0 Å². The van der Waals surface area contributed by atoms with Crippen molar-refractivity contribution in [3.8, 4) is 6.07 Å². The van der Waals surface area contributed by atoms with E-state index in [1.807, 2.05) is 0 Å². The summed E-state index contributed by atoms with van der Waals surface area (Å²) in [5.41, 5.74) is -0.284. The molecule has 1 rings (SSSR count). The number of carbonyl (C=O) groups excluding carboxylic acids is 1. The van der Waals surface area contributed by atoms with Gasteiger partial charge in [-0.2, -0.15) is 5.26 Å². The van der Waals surface area contributed by atoms with Crippen LogP contribution in [0.25, 0.3) is 0 Å². The molecule has 0 aliphatic heterocycles. The Morgan fingerprint density at radius 2 is 2.20 bits per heavy atom. The molecule has 0 saturated heterocycles. The standard InChI is InChI=1S/C8H2ClIN2O3/c9-8(13)6-2-5(12(14)15)1-4(3-11)7(6)10/h1-2H. The first-order chi connectivity index (χ1) is 6.97. The van der Waals surface area contributed by atoms with Crippen LogP contribution in [-0.2, 0) is 0 Å². The van der Waals surface area contributed by atoms with Crippen molar-refractivity contribution in [3.05, 3.63) is 36.9 Å². The van der Waals surface area contributed by atoms with Crippen molar-refractivity contribution >= 4 is 45.1 Å². The maximum atomic E-state index is 10.9. The van der Waals surface area contributed by atoms with Gasteiger partial charge < -0.3 is 0 Å². The fourth-order valence-corrected chi connectivity index (χ4v) is 1.92. The van der Waals surface area contributed by atoms with Crippen LogP contribution in [0.15, 0.2) is 12.1 Å². The number of rotatable bonds is 2. The van der Waals surface area contributed by atoms with E-state index in [-0.39, 0.29) is 16.8 Å². The number of nitriles is 1. The summed E-state index contributed by atoms with van der Waals surface area (Å²) in [5, 5.41) is 18.4. The number of nitrogens with zero attached hydrogens (tertiary/aromatic N) is 2. The van der Waals surface area contributed by atoms with Gasteiger partial charge in [-0.1, -0.05) is 0 Å². The fraction of sp³-hybridized carbons (Fsp3) is 0.